The van der Waals surface area contributed by atoms with E-state index in [1.807, 2.05) is 0 Å². The van der Waals surface area contributed by atoms with Crippen molar-refractivity contribution in [1.29, 1.82) is 0 Å². The minimum absolute atomic E-state index is 0.661. The van der Waals surface area contributed by atoms with Crippen molar-refractivity contribution in [3.8, 4) is 0 Å². The lowest BCUT2D eigenvalue weighted by atomic mass is 9.75. The molecule has 1 heteroatoms. The number of unbranched alkanes of at least 4 members (excludes halogenated alkanes) is 12. The number of hydrogen-bond acceptors (Lipinski definition) is 0. The van der Waals surface area contributed by atoms with Crippen LogP contribution in [0.15, 0.2) is 0 Å². The van der Waals surface area contributed by atoms with Crippen LogP contribution in [-0.4, -0.2) is 5.33 Å². The van der Waals surface area contributed by atoms with Gasteiger partial charge in [0, 0.05) is 5.33 Å². The average molecular weight is 390 g/mol. The summed E-state index contributed by atoms with van der Waals surface area (Å²) in [5.41, 5.74) is 0.661. The van der Waals surface area contributed by atoms with Gasteiger partial charge < -0.3 is 0 Å². The highest BCUT2D eigenvalue weighted by Gasteiger charge is 2.22. The van der Waals surface area contributed by atoms with Crippen LogP contribution in [0.5, 0.6) is 0 Å². The summed E-state index contributed by atoms with van der Waals surface area (Å²) < 4.78 is 0. The lowest BCUT2D eigenvalue weighted by Crippen LogP contribution is -2.17. The van der Waals surface area contributed by atoms with Crippen molar-refractivity contribution in [1.82, 2.24) is 0 Å². The fraction of sp³-hybridized carbons (Fsp3) is 1.00. The molecule has 0 N–H and O–H groups in total. The molecule has 0 bridgehead atoms. The van der Waals surface area contributed by atoms with Crippen LogP contribution in [0, 0.1) is 5.41 Å². The van der Waals surface area contributed by atoms with Gasteiger partial charge in [-0.15, -0.1) is 0 Å². The molecule has 0 radical (unpaired) electrons. The molecule has 0 amide bonds. The third kappa shape index (κ3) is 13.4. The Kier molecular flexibility index (Phi) is 17.7. The molecular formula is C22H45Br. The topological polar surface area (TPSA) is 0 Å². The van der Waals surface area contributed by atoms with Gasteiger partial charge in [-0.3, -0.25) is 0 Å². The Morgan fingerprint density at radius 1 is 0.478 bits per heavy atom. The van der Waals surface area contributed by atoms with Crippen molar-refractivity contribution in [3.63, 3.8) is 0 Å². The van der Waals surface area contributed by atoms with Gasteiger partial charge in [-0.1, -0.05) is 133 Å². The maximum Gasteiger partial charge on any atom is 0.00313 e. The van der Waals surface area contributed by atoms with E-state index in [2.05, 4.69) is 36.7 Å². The van der Waals surface area contributed by atoms with Crippen molar-refractivity contribution in [2.45, 2.75) is 130 Å². The van der Waals surface area contributed by atoms with Gasteiger partial charge in [-0.2, -0.15) is 0 Å². The number of rotatable bonds is 18. The van der Waals surface area contributed by atoms with Crippen LogP contribution in [0.2, 0.25) is 0 Å². The Bertz CT molecular complexity index is 212. The molecule has 0 aromatic carbocycles. The summed E-state index contributed by atoms with van der Waals surface area (Å²) in [4.78, 5) is 0. The smallest absolute Gasteiger partial charge is 0.00313 e. The van der Waals surface area contributed by atoms with Crippen LogP contribution in [0.3, 0.4) is 0 Å². The van der Waals surface area contributed by atoms with Crippen LogP contribution in [0.4, 0.5) is 0 Å². The summed E-state index contributed by atoms with van der Waals surface area (Å²) >= 11 is 3.50. The monoisotopic (exact) mass is 388 g/mol. The molecule has 0 spiro atoms. The zero-order valence-corrected chi connectivity index (χ0v) is 18.2. The lowest BCUT2D eigenvalue weighted by molar-refractivity contribution is 0.220. The van der Waals surface area contributed by atoms with Crippen LogP contribution in [-0.2, 0) is 0 Å². The van der Waals surface area contributed by atoms with E-state index in [1.54, 1.807) is 0 Å². The molecule has 0 aliphatic carbocycles. The third-order valence-electron chi connectivity index (χ3n) is 6.09. The van der Waals surface area contributed by atoms with Crippen molar-refractivity contribution >= 4 is 15.9 Å². The summed E-state index contributed by atoms with van der Waals surface area (Å²) in [6.07, 6.45) is 24.5. The van der Waals surface area contributed by atoms with Crippen molar-refractivity contribution in [2.75, 3.05) is 5.33 Å². The maximum atomic E-state index is 3.50. The Morgan fingerprint density at radius 2 is 0.783 bits per heavy atom. The van der Waals surface area contributed by atoms with E-state index in [0.29, 0.717) is 5.41 Å². The van der Waals surface area contributed by atoms with E-state index in [-0.39, 0.29) is 0 Å². The van der Waals surface area contributed by atoms with Crippen molar-refractivity contribution in [3.05, 3.63) is 0 Å². The zero-order chi connectivity index (χ0) is 17.2. The Hall–Kier alpha value is 0.480. The minimum Gasteiger partial charge on any atom is -0.0928 e. The fourth-order valence-corrected chi connectivity index (χ4v) is 4.22. The number of alkyl halides is 1. The molecule has 0 aliphatic heterocycles. The van der Waals surface area contributed by atoms with Gasteiger partial charge in [0.05, 0.1) is 0 Å². The second-order valence-electron chi connectivity index (χ2n) is 7.60. The Balaban J connectivity index is 3.25. The highest BCUT2D eigenvalue weighted by atomic mass is 79.9. The van der Waals surface area contributed by atoms with Crippen LogP contribution in [0.1, 0.15) is 130 Å². The quantitative estimate of drug-likeness (QED) is 0.162. The molecule has 0 rings (SSSR count). The first-order chi connectivity index (χ1) is 11.2. The molecular weight excluding hydrogens is 344 g/mol. The third-order valence-corrected chi connectivity index (χ3v) is 6.65. The second kappa shape index (κ2) is 17.3. The van der Waals surface area contributed by atoms with E-state index >= 15 is 0 Å². The summed E-state index contributed by atoms with van der Waals surface area (Å²) in [6.45, 7) is 7.15. The standard InChI is InChI=1S/C22H45Br/c1-4-22(5-2,6-3)20-18-16-14-12-10-8-7-9-11-13-15-17-19-21-23/h4-21H2,1-3H3. The fourth-order valence-electron chi connectivity index (χ4n) is 3.82. The Morgan fingerprint density at radius 3 is 1.09 bits per heavy atom. The number of halogens is 1. The van der Waals surface area contributed by atoms with Gasteiger partial charge in [-0.25, -0.2) is 0 Å². The molecule has 0 heterocycles. The average Bonchev–Trinajstić information content (AvgIpc) is 2.59. The molecule has 0 saturated heterocycles. The molecule has 0 atom stereocenters. The predicted octanol–water partition coefficient (Wildman–Crippen LogP) is 9.06. The van der Waals surface area contributed by atoms with E-state index in [9.17, 15) is 0 Å². The first-order valence-corrected chi connectivity index (χ1v) is 11.9. The first-order valence-electron chi connectivity index (χ1n) is 10.8. The van der Waals surface area contributed by atoms with Gasteiger partial charge in [0.2, 0.25) is 0 Å². The van der Waals surface area contributed by atoms with E-state index < -0.39 is 0 Å². The molecule has 0 aromatic heterocycles. The molecule has 0 nitrogen and oxygen atoms in total. The minimum atomic E-state index is 0.661. The van der Waals surface area contributed by atoms with Gasteiger partial charge in [-0.05, 0) is 18.3 Å². The predicted molar refractivity (Wildman–Crippen MR) is 112 cm³/mol. The summed E-state index contributed by atoms with van der Waals surface area (Å²) in [5.74, 6) is 0. The summed E-state index contributed by atoms with van der Waals surface area (Å²) in [6, 6.07) is 0. The molecule has 0 fully saturated rings. The largest absolute Gasteiger partial charge is 0.0928 e. The lowest BCUT2D eigenvalue weighted by Gasteiger charge is -2.30. The summed E-state index contributed by atoms with van der Waals surface area (Å²) in [7, 11) is 0. The maximum absolute atomic E-state index is 3.50. The first kappa shape index (κ1) is 23.5. The highest BCUT2D eigenvalue weighted by Crippen LogP contribution is 2.36. The van der Waals surface area contributed by atoms with Crippen LogP contribution in [0.25, 0.3) is 0 Å². The molecule has 140 valence electrons. The summed E-state index contributed by atoms with van der Waals surface area (Å²) in [5, 5.41) is 1.18. The SMILES string of the molecule is CCC(CC)(CC)CCCCCCCCCCCCCCCBr. The van der Waals surface area contributed by atoms with Gasteiger partial charge in [0.25, 0.3) is 0 Å². The van der Waals surface area contributed by atoms with Crippen LogP contribution >= 0.6 is 15.9 Å². The molecule has 0 aromatic rings. The molecule has 0 aliphatic rings. The van der Waals surface area contributed by atoms with Gasteiger partial charge in [0.15, 0.2) is 0 Å². The van der Waals surface area contributed by atoms with E-state index in [1.165, 1.54) is 114 Å². The molecule has 0 unspecified atom stereocenters. The van der Waals surface area contributed by atoms with E-state index in [4.69, 9.17) is 0 Å². The zero-order valence-electron chi connectivity index (χ0n) is 16.6. The van der Waals surface area contributed by atoms with Gasteiger partial charge in [0.1, 0.15) is 0 Å². The Labute approximate surface area is 156 Å². The second-order valence-corrected chi connectivity index (χ2v) is 8.39. The molecule has 0 saturated carbocycles. The van der Waals surface area contributed by atoms with Gasteiger partial charge >= 0.3 is 0 Å². The van der Waals surface area contributed by atoms with Crippen LogP contribution < -0.4 is 0 Å². The van der Waals surface area contributed by atoms with Crippen molar-refractivity contribution < 1.29 is 0 Å². The van der Waals surface area contributed by atoms with E-state index in [0.717, 1.165) is 0 Å². The normalized spacial score (nSPS) is 12.0. The van der Waals surface area contributed by atoms with Crippen molar-refractivity contribution in [2.24, 2.45) is 5.41 Å². The highest BCUT2D eigenvalue weighted by molar-refractivity contribution is 9.09. The number of hydrogen-bond donors (Lipinski definition) is 0. The molecule has 23 heavy (non-hydrogen) atoms.